The predicted octanol–water partition coefficient (Wildman–Crippen LogP) is 1.38. The van der Waals surface area contributed by atoms with Crippen molar-refractivity contribution in [2.24, 2.45) is 0 Å². The van der Waals surface area contributed by atoms with Gasteiger partial charge in [0.25, 0.3) is 11.6 Å². The number of carbonyl (C=O) groups excluding carboxylic acids is 1. The van der Waals surface area contributed by atoms with E-state index in [1.54, 1.807) is 0 Å². The maximum Gasteiger partial charge on any atom is 0.270 e. The van der Waals surface area contributed by atoms with Crippen molar-refractivity contribution in [3.05, 3.63) is 33.9 Å². The fourth-order valence-corrected chi connectivity index (χ4v) is 1.54. The molecule has 20 heavy (non-hydrogen) atoms. The molecular formula is C13H18N2O5. The van der Waals surface area contributed by atoms with Gasteiger partial charge in [0.05, 0.1) is 11.5 Å². The molecule has 0 aliphatic rings. The lowest BCUT2D eigenvalue weighted by atomic mass is 10.2. The Morgan fingerprint density at radius 3 is 2.85 bits per heavy atom. The normalized spacial score (nSPS) is 10.1. The van der Waals surface area contributed by atoms with Crippen molar-refractivity contribution in [1.29, 1.82) is 0 Å². The molecule has 1 aromatic rings. The van der Waals surface area contributed by atoms with Gasteiger partial charge in [-0.3, -0.25) is 14.9 Å². The maximum atomic E-state index is 11.5. The fraction of sp³-hybridized carbons (Fsp3) is 0.462. The highest BCUT2D eigenvalue weighted by molar-refractivity contribution is 5.77. The number of aliphatic hydroxyl groups is 1. The zero-order chi connectivity index (χ0) is 15.0. The van der Waals surface area contributed by atoms with Crippen LogP contribution in [0.1, 0.15) is 25.3 Å². The predicted molar refractivity (Wildman–Crippen MR) is 72.4 cm³/mol. The van der Waals surface area contributed by atoms with Crippen LogP contribution in [-0.2, 0) is 11.4 Å². The molecule has 7 nitrogen and oxygen atoms in total. The van der Waals surface area contributed by atoms with Crippen molar-refractivity contribution in [3.63, 3.8) is 0 Å². The summed E-state index contributed by atoms with van der Waals surface area (Å²) in [6.07, 6.45) is 1.88. The van der Waals surface area contributed by atoms with E-state index in [1.807, 2.05) is 6.92 Å². The highest BCUT2D eigenvalue weighted by atomic mass is 16.6. The van der Waals surface area contributed by atoms with Crippen molar-refractivity contribution >= 4 is 11.6 Å². The molecule has 0 atom stereocenters. The van der Waals surface area contributed by atoms with E-state index in [0.717, 1.165) is 12.8 Å². The number of carbonyl (C=O) groups is 1. The van der Waals surface area contributed by atoms with E-state index in [4.69, 9.17) is 9.84 Å². The number of aliphatic hydroxyl groups excluding tert-OH is 1. The lowest BCUT2D eigenvalue weighted by molar-refractivity contribution is -0.385. The Bertz CT molecular complexity index is 476. The molecule has 0 fully saturated rings. The molecule has 0 heterocycles. The first-order chi connectivity index (χ1) is 9.58. The van der Waals surface area contributed by atoms with Crippen LogP contribution in [0.15, 0.2) is 18.2 Å². The number of nitrogens with one attached hydrogen (secondary N) is 1. The molecule has 2 N–H and O–H groups in total. The van der Waals surface area contributed by atoms with E-state index >= 15 is 0 Å². The van der Waals surface area contributed by atoms with Gasteiger partial charge >= 0.3 is 0 Å². The van der Waals surface area contributed by atoms with Crippen LogP contribution < -0.4 is 10.1 Å². The molecule has 0 bridgehead atoms. The van der Waals surface area contributed by atoms with E-state index in [1.165, 1.54) is 18.2 Å². The maximum absolute atomic E-state index is 11.5. The van der Waals surface area contributed by atoms with Gasteiger partial charge in [-0.2, -0.15) is 0 Å². The van der Waals surface area contributed by atoms with Crippen molar-refractivity contribution in [3.8, 4) is 5.75 Å². The highest BCUT2D eigenvalue weighted by Crippen LogP contribution is 2.24. The van der Waals surface area contributed by atoms with Crippen LogP contribution in [0.3, 0.4) is 0 Å². The minimum absolute atomic E-state index is 0.131. The second-order valence-corrected chi connectivity index (χ2v) is 4.20. The van der Waals surface area contributed by atoms with Gasteiger partial charge in [-0.1, -0.05) is 13.3 Å². The summed E-state index contributed by atoms with van der Waals surface area (Å²) in [6.45, 7) is 2.03. The third-order valence-electron chi connectivity index (χ3n) is 2.64. The molecule has 1 amide bonds. The molecule has 0 radical (unpaired) electrons. The van der Waals surface area contributed by atoms with Crippen molar-refractivity contribution in [2.75, 3.05) is 13.2 Å². The van der Waals surface area contributed by atoms with Gasteiger partial charge in [-0.25, -0.2) is 0 Å². The standard InChI is InChI=1S/C13H18N2O5/c1-2-3-6-14-13(17)9-20-12-5-4-11(15(18)19)7-10(12)8-16/h4-5,7,16H,2-3,6,8-9H2,1H3,(H,14,17). The summed E-state index contributed by atoms with van der Waals surface area (Å²) >= 11 is 0. The second kappa shape index (κ2) is 8.11. The van der Waals surface area contributed by atoms with Crippen molar-refractivity contribution in [2.45, 2.75) is 26.4 Å². The van der Waals surface area contributed by atoms with E-state index in [0.29, 0.717) is 6.54 Å². The summed E-state index contributed by atoms with van der Waals surface area (Å²) in [4.78, 5) is 21.5. The van der Waals surface area contributed by atoms with E-state index in [2.05, 4.69) is 5.32 Å². The molecule has 0 unspecified atom stereocenters. The first-order valence-corrected chi connectivity index (χ1v) is 6.36. The molecule has 7 heteroatoms. The number of benzene rings is 1. The summed E-state index contributed by atoms with van der Waals surface area (Å²) in [6, 6.07) is 3.87. The number of rotatable bonds is 8. The summed E-state index contributed by atoms with van der Waals surface area (Å²) in [5.41, 5.74) is 0.148. The Morgan fingerprint density at radius 2 is 2.25 bits per heavy atom. The third kappa shape index (κ3) is 4.85. The van der Waals surface area contributed by atoms with Crippen LogP contribution in [0.5, 0.6) is 5.75 Å². The Morgan fingerprint density at radius 1 is 1.50 bits per heavy atom. The molecule has 1 rings (SSSR count). The smallest absolute Gasteiger partial charge is 0.270 e. The average molecular weight is 282 g/mol. The molecule has 0 aliphatic carbocycles. The molecule has 0 aromatic heterocycles. The summed E-state index contributed by atoms with van der Waals surface area (Å²) < 4.78 is 5.26. The topological polar surface area (TPSA) is 102 Å². The molecule has 0 saturated carbocycles. The molecule has 1 aromatic carbocycles. The number of hydrogen-bond acceptors (Lipinski definition) is 5. The number of nitro groups is 1. The number of nitrogens with zero attached hydrogens (tertiary/aromatic N) is 1. The highest BCUT2D eigenvalue weighted by Gasteiger charge is 2.12. The monoisotopic (exact) mass is 282 g/mol. The van der Waals surface area contributed by atoms with E-state index < -0.39 is 11.5 Å². The number of non-ortho nitro benzene ring substituents is 1. The zero-order valence-electron chi connectivity index (χ0n) is 11.3. The van der Waals surface area contributed by atoms with E-state index in [9.17, 15) is 14.9 Å². The van der Waals surface area contributed by atoms with Crippen LogP contribution >= 0.6 is 0 Å². The minimum atomic E-state index is -0.555. The first-order valence-electron chi connectivity index (χ1n) is 6.36. The molecule has 110 valence electrons. The van der Waals surface area contributed by atoms with E-state index in [-0.39, 0.29) is 29.5 Å². The lowest BCUT2D eigenvalue weighted by Crippen LogP contribution is -2.29. The molecule has 0 spiro atoms. The van der Waals surface area contributed by atoms with Gasteiger partial charge < -0.3 is 15.2 Å². The number of ether oxygens (including phenoxy) is 1. The van der Waals surface area contributed by atoms with Crippen molar-refractivity contribution in [1.82, 2.24) is 5.32 Å². The average Bonchev–Trinajstić information content (AvgIpc) is 2.45. The van der Waals surface area contributed by atoms with Crippen LogP contribution in [0.2, 0.25) is 0 Å². The third-order valence-corrected chi connectivity index (χ3v) is 2.64. The summed E-state index contributed by atoms with van der Waals surface area (Å²) in [7, 11) is 0. The Hall–Kier alpha value is -2.15. The Labute approximate surface area is 116 Å². The van der Waals surface area contributed by atoms with Gasteiger partial charge in [-0.05, 0) is 12.5 Å². The molecular weight excluding hydrogens is 264 g/mol. The van der Waals surface area contributed by atoms with Crippen LogP contribution in [0.4, 0.5) is 5.69 Å². The molecule has 0 aliphatic heterocycles. The van der Waals surface area contributed by atoms with Crippen molar-refractivity contribution < 1.29 is 19.6 Å². The first kappa shape index (κ1) is 15.9. The van der Waals surface area contributed by atoms with Crippen LogP contribution in [0.25, 0.3) is 0 Å². The number of hydrogen-bond donors (Lipinski definition) is 2. The largest absolute Gasteiger partial charge is 0.483 e. The Balaban J connectivity index is 2.59. The zero-order valence-corrected chi connectivity index (χ0v) is 11.3. The summed E-state index contributed by atoms with van der Waals surface area (Å²) in [5.74, 6) is 0.00411. The Kier molecular flexibility index (Phi) is 6.45. The SMILES string of the molecule is CCCCNC(=O)COc1ccc([N+](=O)[O-])cc1CO. The number of unbranched alkanes of at least 4 members (excludes halogenated alkanes) is 1. The number of amides is 1. The fourth-order valence-electron chi connectivity index (χ4n) is 1.54. The van der Waals surface area contributed by atoms with Crippen LogP contribution in [0, 0.1) is 10.1 Å². The minimum Gasteiger partial charge on any atom is -0.483 e. The second-order valence-electron chi connectivity index (χ2n) is 4.20. The van der Waals surface area contributed by atoms with Crippen LogP contribution in [-0.4, -0.2) is 29.1 Å². The summed E-state index contributed by atoms with van der Waals surface area (Å²) in [5, 5.41) is 22.5. The number of nitro benzene ring substituents is 1. The van der Waals surface area contributed by atoms with Gasteiger partial charge in [0.1, 0.15) is 5.75 Å². The van der Waals surface area contributed by atoms with Gasteiger partial charge in [0, 0.05) is 24.2 Å². The van der Waals surface area contributed by atoms with Gasteiger partial charge in [0.15, 0.2) is 6.61 Å². The van der Waals surface area contributed by atoms with Gasteiger partial charge in [0.2, 0.25) is 0 Å². The van der Waals surface area contributed by atoms with Gasteiger partial charge in [-0.15, -0.1) is 0 Å². The lowest BCUT2D eigenvalue weighted by Gasteiger charge is -2.10. The quantitative estimate of drug-likeness (QED) is 0.426. The molecule has 0 saturated heterocycles.